The second-order valence-electron chi connectivity index (χ2n) is 6.79. The van der Waals surface area contributed by atoms with E-state index >= 15 is 0 Å². The van der Waals surface area contributed by atoms with Gasteiger partial charge in [0.15, 0.2) is 0 Å². The van der Waals surface area contributed by atoms with Crippen LogP contribution >= 0.6 is 0 Å². The fourth-order valence-corrected chi connectivity index (χ4v) is 3.74. The Labute approximate surface area is 141 Å². The minimum atomic E-state index is -0.226. The molecule has 0 N–H and O–H groups in total. The van der Waals surface area contributed by atoms with Gasteiger partial charge in [0.25, 0.3) is 0 Å². The van der Waals surface area contributed by atoms with Crippen LogP contribution in [0.3, 0.4) is 0 Å². The Balaban J connectivity index is 1.45. The Bertz CT molecular complexity index is 709. The third kappa shape index (κ3) is 2.98. The molecule has 1 aromatic heterocycles. The van der Waals surface area contributed by atoms with Gasteiger partial charge in [-0.15, -0.1) is 0 Å². The summed E-state index contributed by atoms with van der Waals surface area (Å²) >= 11 is 0. The molecule has 2 aliphatic rings. The molecule has 1 amide bonds. The Morgan fingerprint density at radius 1 is 1.00 bits per heavy atom. The molecule has 2 fully saturated rings. The molecule has 124 valence electrons. The summed E-state index contributed by atoms with van der Waals surface area (Å²) in [5.41, 5.74) is 2.95. The number of amides is 1. The van der Waals surface area contributed by atoms with E-state index in [0.29, 0.717) is 6.54 Å². The molecule has 5 nitrogen and oxygen atoms in total. The molecule has 0 radical (unpaired) electrons. The van der Waals surface area contributed by atoms with Crippen LogP contribution in [0.4, 0.5) is 4.79 Å². The molecule has 4 rings (SSSR count). The Morgan fingerprint density at radius 2 is 1.71 bits per heavy atom. The number of ether oxygens (including phenoxy) is 1. The molecule has 0 bridgehead atoms. The number of hydrogen-bond acceptors (Lipinski definition) is 4. The summed E-state index contributed by atoms with van der Waals surface area (Å²) in [7, 11) is 0. The van der Waals surface area contributed by atoms with Crippen LogP contribution in [-0.4, -0.2) is 33.1 Å². The van der Waals surface area contributed by atoms with Crippen LogP contribution in [0.5, 0.6) is 0 Å². The van der Waals surface area contributed by atoms with Crippen molar-refractivity contribution < 1.29 is 9.53 Å². The lowest BCUT2D eigenvalue weighted by molar-refractivity contribution is 0.0260. The van der Waals surface area contributed by atoms with E-state index in [1.807, 2.05) is 17.0 Å². The number of carbonyl (C=O) groups excluding carboxylic acids is 1. The summed E-state index contributed by atoms with van der Waals surface area (Å²) in [6.45, 7) is 1.33. The van der Waals surface area contributed by atoms with E-state index in [0.717, 1.165) is 48.9 Å². The van der Waals surface area contributed by atoms with Crippen molar-refractivity contribution in [1.82, 2.24) is 14.9 Å². The standard InChI is InChI=1S/C19H21N3O2/c23-18-22(13-19(24-18)8-2-1-3-9-19)12-15-4-6-16(7-5-15)17-10-20-14-21-11-17/h4-7,10-11,14H,1-3,8-9,12-13H2. The lowest BCUT2D eigenvalue weighted by Crippen LogP contribution is -2.36. The average molecular weight is 323 g/mol. The first-order valence-electron chi connectivity index (χ1n) is 8.56. The zero-order chi connectivity index (χ0) is 16.4. The summed E-state index contributed by atoms with van der Waals surface area (Å²) in [5, 5.41) is 0. The van der Waals surface area contributed by atoms with Gasteiger partial charge in [-0.2, -0.15) is 0 Å². The lowest BCUT2D eigenvalue weighted by atomic mass is 9.85. The quantitative estimate of drug-likeness (QED) is 0.862. The fourth-order valence-electron chi connectivity index (χ4n) is 3.74. The first-order chi connectivity index (χ1) is 11.7. The average Bonchev–Trinajstić information content (AvgIpc) is 2.91. The second-order valence-corrected chi connectivity index (χ2v) is 6.79. The Hall–Kier alpha value is -2.43. The van der Waals surface area contributed by atoms with Gasteiger partial charge >= 0.3 is 6.09 Å². The van der Waals surface area contributed by atoms with E-state index in [9.17, 15) is 4.79 Å². The van der Waals surface area contributed by atoms with E-state index in [1.165, 1.54) is 12.7 Å². The summed E-state index contributed by atoms with van der Waals surface area (Å²) in [5.74, 6) is 0. The van der Waals surface area contributed by atoms with E-state index < -0.39 is 0 Å². The highest BCUT2D eigenvalue weighted by molar-refractivity contribution is 5.71. The first kappa shape index (κ1) is 15.1. The smallest absolute Gasteiger partial charge is 0.410 e. The van der Waals surface area contributed by atoms with E-state index in [2.05, 4.69) is 22.1 Å². The third-order valence-electron chi connectivity index (χ3n) is 5.03. The highest BCUT2D eigenvalue weighted by Crippen LogP contribution is 2.37. The van der Waals surface area contributed by atoms with Gasteiger partial charge in [-0.25, -0.2) is 14.8 Å². The summed E-state index contributed by atoms with van der Waals surface area (Å²) < 4.78 is 5.74. The van der Waals surface area contributed by atoms with Crippen LogP contribution in [-0.2, 0) is 11.3 Å². The minimum Gasteiger partial charge on any atom is -0.441 e. The van der Waals surface area contributed by atoms with Crippen molar-refractivity contribution in [2.75, 3.05) is 6.54 Å². The Kier molecular flexibility index (Phi) is 3.92. The Morgan fingerprint density at radius 3 is 2.42 bits per heavy atom. The fraction of sp³-hybridized carbons (Fsp3) is 0.421. The molecule has 24 heavy (non-hydrogen) atoms. The van der Waals surface area contributed by atoms with Crippen LogP contribution in [0.25, 0.3) is 11.1 Å². The molecule has 2 aromatic rings. The number of aromatic nitrogens is 2. The van der Waals surface area contributed by atoms with Gasteiger partial charge in [-0.1, -0.05) is 30.7 Å². The van der Waals surface area contributed by atoms with Crippen molar-refractivity contribution in [3.63, 3.8) is 0 Å². The SMILES string of the molecule is O=C1OC2(CCCCC2)CN1Cc1ccc(-c2cncnc2)cc1. The maximum atomic E-state index is 12.2. The van der Waals surface area contributed by atoms with E-state index in [4.69, 9.17) is 4.74 Å². The maximum Gasteiger partial charge on any atom is 0.410 e. The second kappa shape index (κ2) is 6.23. The molecule has 1 saturated heterocycles. The van der Waals surface area contributed by atoms with Crippen LogP contribution < -0.4 is 0 Å². The lowest BCUT2D eigenvalue weighted by Gasteiger charge is -2.30. The van der Waals surface area contributed by atoms with Gasteiger partial charge in [-0.3, -0.25) is 4.90 Å². The first-order valence-corrected chi connectivity index (χ1v) is 8.56. The molecule has 5 heteroatoms. The molecule has 1 aromatic carbocycles. The van der Waals surface area contributed by atoms with Crippen LogP contribution in [0.1, 0.15) is 37.7 Å². The molecule has 0 unspecified atom stereocenters. The van der Waals surface area contributed by atoms with E-state index in [1.54, 1.807) is 12.4 Å². The zero-order valence-electron chi connectivity index (χ0n) is 13.6. The highest BCUT2D eigenvalue weighted by Gasteiger charge is 2.45. The van der Waals surface area contributed by atoms with E-state index in [-0.39, 0.29) is 11.7 Å². The van der Waals surface area contributed by atoms with Crippen LogP contribution in [0.2, 0.25) is 0 Å². The van der Waals surface area contributed by atoms with Crippen molar-refractivity contribution in [2.24, 2.45) is 0 Å². The molecular weight excluding hydrogens is 302 g/mol. The summed E-state index contributed by atoms with van der Waals surface area (Å²) in [6.07, 6.45) is 10.5. The number of benzene rings is 1. The van der Waals surface area contributed by atoms with Crippen molar-refractivity contribution in [3.05, 3.63) is 48.5 Å². The number of hydrogen-bond donors (Lipinski definition) is 0. The van der Waals surface area contributed by atoms with Gasteiger partial charge in [0.1, 0.15) is 11.9 Å². The number of carbonyl (C=O) groups is 1. The third-order valence-corrected chi connectivity index (χ3v) is 5.03. The predicted octanol–water partition coefficient (Wildman–Crippen LogP) is 3.80. The van der Waals surface area contributed by atoms with Gasteiger partial charge in [-0.05, 0) is 36.8 Å². The molecule has 2 heterocycles. The van der Waals surface area contributed by atoms with Gasteiger partial charge < -0.3 is 4.74 Å². The van der Waals surface area contributed by atoms with Gasteiger partial charge in [0.05, 0.1) is 6.54 Å². The zero-order valence-corrected chi connectivity index (χ0v) is 13.6. The molecule has 1 saturated carbocycles. The maximum absolute atomic E-state index is 12.2. The monoisotopic (exact) mass is 323 g/mol. The number of rotatable bonds is 3. The highest BCUT2D eigenvalue weighted by atomic mass is 16.6. The van der Waals surface area contributed by atoms with Crippen molar-refractivity contribution in [3.8, 4) is 11.1 Å². The topological polar surface area (TPSA) is 55.3 Å². The molecule has 0 atom stereocenters. The molecule has 1 spiro atoms. The van der Waals surface area contributed by atoms with Crippen LogP contribution in [0, 0.1) is 0 Å². The molecule has 1 aliphatic heterocycles. The number of nitrogens with zero attached hydrogens (tertiary/aromatic N) is 3. The molecular formula is C19H21N3O2. The van der Waals surface area contributed by atoms with Gasteiger partial charge in [0.2, 0.25) is 0 Å². The molecule has 1 aliphatic carbocycles. The van der Waals surface area contributed by atoms with Crippen molar-refractivity contribution >= 4 is 6.09 Å². The van der Waals surface area contributed by atoms with Crippen LogP contribution in [0.15, 0.2) is 43.0 Å². The summed E-state index contributed by atoms with van der Waals surface area (Å²) in [4.78, 5) is 22.2. The largest absolute Gasteiger partial charge is 0.441 e. The minimum absolute atomic E-state index is 0.169. The van der Waals surface area contributed by atoms with Crippen molar-refractivity contribution in [1.29, 1.82) is 0 Å². The van der Waals surface area contributed by atoms with Gasteiger partial charge in [0, 0.05) is 24.5 Å². The summed E-state index contributed by atoms with van der Waals surface area (Å²) in [6, 6.07) is 8.21. The predicted molar refractivity (Wildman–Crippen MR) is 90.2 cm³/mol. The normalized spacial score (nSPS) is 19.5. The van der Waals surface area contributed by atoms with Crippen molar-refractivity contribution in [2.45, 2.75) is 44.2 Å².